The molecule has 0 aliphatic heterocycles. The van der Waals surface area contributed by atoms with Gasteiger partial charge < -0.3 is 15.5 Å². The third-order valence-electron chi connectivity index (χ3n) is 4.32. The number of rotatable bonds is 6. The maximum atomic E-state index is 10.8. The number of hydrogen-bond donors (Lipinski definition) is 3. The van der Waals surface area contributed by atoms with Crippen LogP contribution in [0.5, 0.6) is 0 Å². The van der Waals surface area contributed by atoms with Crippen LogP contribution in [0.4, 0.5) is 0 Å². The monoisotopic (exact) mass is 257 g/mol. The van der Waals surface area contributed by atoms with Crippen molar-refractivity contribution in [3.63, 3.8) is 0 Å². The lowest BCUT2D eigenvalue weighted by atomic mass is 9.78. The van der Waals surface area contributed by atoms with Gasteiger partial charge in [0.15, 0.2) is 0 Å². The van der Waals surface area contributed by atoms with Crippen LogP contribution >= 0.6 is 0 Å². The van der Waals surface area contributed by atoms with Crippen LogP contribution < -0.4 is 5.32 Å². The molecule has 1 unspecified atom stereocenters. The molecule has 3 N–H and O–H groups in total. The summed E-state index contributed by atoms with van der Waals surface area (Å²) in [5.74, 6) is 0.233. The predicted octanol–water partition coefficient (Wildman–Crippen LogP) is 1.87. The van der Waals surface area contributed by atoms with Crippen LogP contribution in [0.25, 0.3) is 0 Å². The minimum absolute atomic E-state index is 0.264. The summed E-state index contributed by atoms with van der Waals surface area (Å²) in [4.78, 5) is 10.8. The molecular weight excluding hydrogens is 230 g/mol. The molecule has 1 aliphatic carbocycles. The van der Waals surface area contributed by atoms with Crippen LogP contribution in [0.1, 0.15) is 46.5 Å². The van der Waals surface area contributed by atoms with Crippen molar-refractivity contribution in [3.05, 3.63) is 0 Å². The quantitative estimate of drug-likeness (QED) is 0.679. The summed E-state index contributed by atoms with van der Waals surface area (Å²) in [6, 6.07) is 0. The highest BCUT2D eigenvalue weighted by atomic mass is 16.4. The summed E-state index contributed by atoms with van der Waals surface area (Å²) < 4.78 is 0. The Labute approximate surface area is 110 Å². The lowest BCUT2D eigenvalue weighted by Gasteiger charge is -2.35. The molecule has 0 aromatic carbocycles. The number of carboxylic acids is 1. The Bertz CT molecular complexity index is 270. The van der Waals surface area contributed by atoms with E-state index in [-0.39, 0.29) is 5.92 Å². The second-order valence-corrected chi connectivity index (χ2v) is 6.19. The molecule has 0 aromatic heterocycles. The third-order valence-corrected chi connectivity index (χ3v) is 4.32. The molecule has 0 spiro atoms. The number of aliphatic carboxylic acids is 1. The molecule has 4 nitrogen and oxygen atoms in total. The van der Waals surface area contributed by atoms with Crippen LogP contribution in [-0.4, -0.2) is 34.9 Å². The van der Waals surface area contributed by atoms with Gasteiger partial charge in [-0.15, -0.1) is 0 Å². The molecule has 1 saturated carbocycles. The second kappa shape index (κ2) is 6.53. The van der Waals surface area contributed by atoms with Gasteiger partial charge in [0.2, 0.25) is 0 Å². The molecule has 106 valence electrons. The fourth-order valence-electron chi connectivity index (χ4n) is 2.35. The van der Waals surface area contributed by atoms with Crippen molar-refractivity contribution in [2.45, 2.75) is 52.1 Å². The Kier molecular flexibility index (Phi) is 5.60. The highest BCUT2D eigenvalue weighted by Gasteiger charge is 2.35. The van der Waals surface area contributed by atoms with Gasteiger partial charge in [0.1, 0.15) is 0 Å². The van der Waals surface area contributed by atoms with E-state index in [1.807, 2.05) is 0 Å². The summed E-state index contributed by atoms with van der Waals surface area (Å²) in [6.45, 7) is 8.07. The second-order valence-electron chi connectivity index (χ2n) is 6.19. The van der Waals surface area contributed by atoms with Gasteiger partial charge in [-0.2, -0.15) is 0 Å². The summed E-state index contributed by atoms with van der Waals surface area (Å²) >= 11 is 0. The van der Waals surface area contributed by atoms with Crippen LogP contribution in [0, 0.1) is 17.8 Å². The SMILES string of the molecule is CC(C)C(C)CNCC1(O)CCC(C(=O)O)CC1. The zero-order chi connectivity index (χ0) is 13.8. The van der Waals surface area contributed by atoms with Gasteiger partial charge in [-0.3, -0.25) is 4.79 Å². The van der Waals surface area contributed by atoms with Gasteiger partial charge in [0.25, 0.3) is 0 Å². The Morgan fingerprint density at radius 1 is 1.33 bits per heavy atom. The highest BCUT2D eigenvalue weighted by molar-refractivity contribution is 5.70. The summed E-state index contributed by atoms with van der Waals surface area (Å²) in [5, 5.41) is 22.6. The lowest BCUT2D eigenvalue weighted by molar-refractivity contribution is -0.144. The smallest absolute Gasteiger partial charge is 0.306 e. The van der Waals surface area contributed by atoms with Crippen molar-refractivity contribution in [3.8, 4) is 0 Å². The number of nitrogens with one attached hydrogen (secondary N) is 1. The molecule has 0 amide bonds. The van der Waals surface area contributed by atoms with E-state index in [2.05, 4.69) is 26.1 Å². The standard InChI is InChI=1S/C14H27NO3/c1-10(2)11(3)8-15-9-14(18)6-4-12(5-7-14)13(16)17/h10-12,15,18H,4-9H2,1-3H3,(H,16,17). The molecule has 0 bridgehead atoms. The fourth-order valence-corrected chi connectivity index (χ4v) is 2.35. The number of aliphatic hydroxyl groups is 1. The molecule has 0 saturated heterocycles. The summed E-state index contributed by atoms with van der Waals surface area (Å²) in [6.07, 6.45) is 2.36. The molecule has 1 aliphatic rings. The molecule has 1 rings (SSSR count). The van der Waals surface area contributed by atoms with Gasteiger partial charge in [-0.1, -0.05) is 20.8 Å². The minimum Gasteiger partial charge on any atom is -0.481 e. The molecule has 18 heavy (non-hydrogen) atoms. The van der Waals surface area contributed by atoms with Crippen molar-refractivity contribution in [2.24, 2.45) is 17.8 Å². The van der Waals surface area contributed by atoms with Crippen molar-refractivity contribution in [2.75, 3.05) is 13.1 Å². The van der Waals surface area contributed by atoms with E-state index in [0.717, 1.165) is 6.54 Å². The Hall–Kier alpha value is -0.610. The number of carbonyl (C=O) groups is 1. The van der Waals surface area contributed by atoms with E-state index in [9.17, 15) is 9.90 Å². The predicted molar refractivity (Wildman–Crippen MR) is 71.4 cm³/mol. The Morgan fingerprint density at radius 2 is 1.89 bits per heavy atom. The van der Waals surface area contributed by atoms with Gasteiger partial charge in [-0.25, -0.2) is 0 Å². The van der Waals surface area contributed by atoms with Crippen LogP contribution in [0.3, 0.4) is 0 Å². The zero-order valence-electron chi connectivity index (χ0n) is 11.8. The van der Waals surface area contributed by atoms with E-state index in [1.165, 1.54) is 0 Å². The summed E-state index contributed by atoms with van der Waals surface area (Å²) in [5.41, 5.74) is -0.706. The first kappa shape index (κ1) is 15.4. The maximum Gasteiger partial charge on any atom is 0.306 e. The van der Waals surface area contributed by atoms with Crippen LogP contribution in [-0.2, 0) is 4.79 Å². The fraction of sp³-hybridized carbons (Fsp3) is 0.929. The maximum absolute atomic E-state index is 10.8. The zero-order valence-corrected chi connectivity index (χ0v) is 11.8. The Balaban J connectivity index is 2.28. The third kappa shape index (κ3) is 4.58. The van der Waals surface area contributed by atoms with Gasteiger partial charge in [-0.05, 0) is 44.1 Å². The lowest BCUT2D eigenvalue weighted by Crippen LogP contribution is -2.45. The normalized spacial score (nSPS) is 30.4. The average molecular weight is 257 g/mol. The molecule has 1 atom stereocenters. The number of carboxylic acid groups (broad SMARTS) is 1. The van der Waals surface area contributed by atoms with Gasteiger partial charge in [0.05, 0.1) is 11.5 Å². The van der Waals surface area contributed by atoms with Crippen molar-refractivity contribution in [1.29, 1.82) is 0 Å². The van der Waals surface area contributed by atoms with Gasteiger partial charge >= 0.3 is 5.97 Å². The van der Waals surface area contributed by atoms with Crippen molar-refractivity contribution < 1.29 is 15.0 Å². The van der Waals surface area contributed by atoms with E-state index in [0.29, 0.717) is 44.1 Å². The van der Waals surface area contributed by atoms with E-state index in [1.54, 1.807) is 0 Å². The molecule has 0 radical (unpaired) electrons. The highest BCUT2D eigenvalue weighted by Crippen LogP contribution is 2.31. The first-order valence-electron chi connectivity index (χ1n) is 7.00. The molecule has 1 fully saturated rings. The molecule has 0 heterocycles. The van der Waals surface area contributed by atoms with Gasteiger partial charge in [0, 0.05) is 6.54 Å². The number of hydrogen-bond acceptors (Lipinski definition) is 3. The minimum atomic E-state index is -0.724. The van der Waals surface area contributed by atoms with E-state index < -0.39 is 11.6 Å². The van der Waals surface area contributed by atoms with Crippen molar-refractivity contribution in [1.82, 2.24) is 5.32 Å². The van der Waals surface area contributed by atoms with E-state index in [4.69, 9.17) is 5.11 Å². The van der Waals surface area contributed by atoms with E-state index >= 15 is 0 Å². The molecular formula is C14H27NO3. The Morgan fingerprint density at radius 3 is 2.33 bits per heavy atom. The topological polar surface area (TPSA) is 69.6 Å². The molecule has 4 heteroatoms. The summed E-state index contributed by atoms with van der Waals surface area (Å²) in [7, 11) is 0. The van der Waals surface area contributed by atoms with Crippen molar-refractivity contribution >= 4 is 5.97 Å². The van der Waals surface area contributed by atoms with Crippen LogP contribution in [0.2, 0.25) is 0 Å². The largest absolute Gasteiger partial charge is 0.481 e. The first-order valence-corrected chi connectivity index (χ1v) is 7.00. The average Bonchev–Trinajstić information content (AvgIpc) is 2.29. The first-order chi connectivity index (χ1) is 8.34. The molecule has 0 aromatic rings. The van der Waals surface area contributed by atoms with Crippen LogP contribution in [0.15, 0.2) is 0 Å².